The van der Waals surface area contributed by atoms with Gasteiger partial charge in [-0.3, -0.25) is 0 Å². The van der Waals surface area contributed by atoms with E-state index in [1.165, 1.54) is 32.9 Å². The van der Waals surface area contributed by atoms with Crippen molar-refractivity contribution < 1.29 is 4.74 Å². The molecule has 0 aliphatic rings. The molecule has 0 radical (unpaired) electrons. The number of pyridine rings is 1. The van der Waals surface area contributed by atoms with E-state index in [-0.39, 0.29) is 5.60 Å². The Labute approximate surface area is 241 Å². The standard InChI is InChI=1S/C37H40NOP/c1-8-14-27-20-28(15-9-2)23-32(22-27)40(33-24-29(16-10-3)21-30(25-33)17-11-4)35-26-31-18-12-13-19-34(31)36(38-35)39-37(5,6)7/h8-13,18-26H,1-4,14-17H2,5-7H3. The normalized spacial score (nSPS) is 11.4. The Kier molecular flexibility index (Phi) is 9.56. The van der Waals surface area contributed by atoms with Crippen LogP contribution in [0.2, 0.25) is 0 Å². The van der Waals surface area contributed by atoms with Gasteiger partial charge in [-0.25, -0.2) is 4.98 Å². The van der Waals surface area contributed by atoms with Crippen molar-refractivity contribution in [2.75, 3.05) is 0 Å². The molecule has 3 heteroatoms. The van der Waals surface area contributed by atoms with Crippen LogP contribution in [0.1, 0.15) is 43.0 Å². The van der Waals surface area contributed by atoms with Gasteiger partial charge in [0.1, 0.15) is 5.60 Å². The topological polar surface area (TPSA) is 22.1 Å². The van der Waals surface area contributed by atoms with E-state index in [0.29, 0.717) is 5.88 Å². The summed E-state index contributed by atoms with van der Waals surface area (Å²) < 4.78 is 6.47. The van der Waals surface area contributed by atoms with Gasteiger partial charge in [0.25, 0.3) is 0 Å². The van der Waals surface area contributed by atoms with E-state index in [2.05, 4.69) is 108 Å². The highest BCUT2D eigenvalue weighted by molar-refractivity contribution is 7.79. The van der Waals surface area contributed by atoms with Crippen LogP contribution in [-0.4, -0.2) is 10.6 Å². The van der Waals surface area contributed by atoms with Gasteiger partial charge in [0.15, 0.2) is 0 Å². The van der Waals surface area contributed by atoms with Gasteiger partial charge in [-0.2, -0.15) is 0 Å². The fourth-order valence-corrected chi connectivity index (χ4v) is 7.40. The molecule has 204 valence electrons. The van der Waals surface area contributed by atoms with E-state index >= 15 is 0 Å². The van der Waals surface area contributed by atoms with E-state index in [0.717, 1.165) is 41.9 Å². The molecule has 0 N–H and O–H groups in total. The van der Waals surface area contributed by atoms with Crippen molar-refractivity contribution in [3.63, 3.8) is 0 Å². The molecule has 0 amide bonds. The largest absolute Gasteiger partial charge is 0.471 e. The second-order valence-electron chi connectivity index (χ2n) is 11.0. The summed E-state index contributed by atoms with van der Waals surface area (Å²) in [7, 11) is -1.01. The van der Waals surface area contributed by atoms with Crippen LogP contribution < -0.4 is 20.8 Å². The molecule has 0 spiro atoms. The monoisotopic (exact) mass is 545 g/mol. The Balaban J connectivity index is 2.05. The van der Waals surface area contributed by atoms with Crippen molar-refractivity contribution in [2.24, 2.45) is 0 Å². The fraction of sp³-hybridized carbons (Fsp3) is 0.216. The molecule has 3 aromatic carbocycles. The minimum atomic E-state index is -1.01. The van der Waals surface area contributed by atoms with Crippen molar-refractivity contribution in [3.05, 3.63) is 140 Å². The Morgan fingerprint density at radius 3 is 1.55 bits per heavy atom. The lowest BCUT2D eigenvalue weighted by atomic mass is 10.1. The molecule has 0 saturated heterocycles. The van der Waals surface area contributed by atoms with Gasteiger partial charge >= 0.3 is 0 Å². The first kappa shape index (κ1) is 29.2. The van der Waals surface area contributed by atoms with E-state index in [4.69, 9.17) is 9.72 Å². The van der Waals surface area contributed by atoms with Crippen molar-refractivity contribution in [1.29, 1.82) is 0 Å². The Hall–Kier alpha value is -3.74. The highest BCUT2D eigenvalue weighted by atomic mass is 31.1. The first-order valence-corrected chi connectivity index (χ1v) is 15.2. The number of hydrogen-bond acceptors (Lipinski definition) is 2. The van der Waals surface area contributed by atoms with Gasteiger partial charge in [-0.05, 0) is 96.8 Å². The fourth-order valence-electron chi connectivity index (χ4n) is 4.93. The number of aromatic nitrogens is 1. The Morgan fingerprint density at radius 2 is 1.12 bits per heavy atom. The zero-order valence-corrected chi connectivity index (χ0v) is 25.0. The summed E-state index contributed by atoms with van der Waals surface area (Å²) in [5, 5.41) is 4.67. The van der Waals surface area contributed by atoms with Crippen LogP contribution in [0.15, 0.2) is 117 Å². The van der Waals surface area contributed by atoms with Crippen molar-refractivity contribution in [2.45, 2.75) is 52.1 Å². The van der Waals surface area contributed by atoms with Gasteiger partial charge < -0.3 is 4.74 Å². The molecule has 1 aromatic heterocycles. The number of rotatable bonds is 12. The molecule has 0 unspecified atom stereocenters. The third-order valence-electron chi connectivity index (χ3n) is 6.44. The van der Waals surface area contributed by atoms with Gasteiger partial charge in [-0.15, -0.1) is 26.3 Å². The summed E-state index contributed by atoms with van der Waals surface area (Å²) in [5.74, 6) is 0.676. The maximum absolute atomic E-state index is 6.47. The lowest BCUT2D eigenvalue weighted by Crippen LogP contribution is -2.28. The minimum Gasteiger partial charge on any atom is -0.471 e. The average Bonchev–Trinajstić information content (AvgIpc) is 2.89. The molecule has 0 atom stereocenters. The highest BCUT2D eigenvalue weighted by Crippen LogP contribution is 2.37. The lowest BCUT2D eigenvalue weighted by molar-refractivity contribution is 0.127. The van der Waals surface area contributed by atoms with E-state index in [1.807, 2.05) is 30.4 Å². The van der Waals surface area contributed by atoms with Crippen molar-refractivity contribution in [3.8, 4) is 5.88 Å². The molecule has 0 bridgehead atoms. The van der Waals surface area contributed by atoms with Crippen LogP contribution >= 0.6 is 7.92 Å². The van der Waals surface area contributed by atoms with Crippen molar-refractivity contribution >= 4 is 34.7 Å². The third-order valence-corrected chi connectivity index (χ3v) is 8.67. The first-order chi connectivity index (χ1) is 19.2. The third kappa shape index (κ3) is 7.26. The number of ether oxygens (including phenoxy) is 1. The molecule has 0 aliphatic carbocycles. The summed E-state index contributed by atoms with van der Waals surface area (Å²) in [6.07, 6.45) is 11.1. The predicted octanol–water partition coefficient (Wildman–Crippen LogP) is 8.08. The van der Waals surface area contributed by atoms with Crippen LogP contribution in [0.3, 0.4) is 0 Å². The van der Waals surface area contributed by atoms with Crippen LogP contribution in [0, 0.1) is 0 Å². The van der Waals surface area contributed by atoms with Crippen molar-refractivity contribution in [1.82, 2.24) is 4.98 Å². The van der Waals surface area contributed by atoms with Gasteiger partial charge in [0.2, 0.25) is 5.88 Å². The maximum Gasteiger partial charge on any atom is 0.222 e. The molecular weight excluding hydrogens is 505 g/mol. The van der Waals surface area contributed by atoms with Gasteiger partial charge in [-0.1, -0.05) is 78.9 Å². The SMILES string of the molecule is C=CCc1cc(CC=C)cc(P(c2cc(CC=C)cc(CC=C)c2)c2cc3ccccc3c(OC(C)(C)C)n2)c1. The van der Waals surface area contributed by atoms with E-state index in [1.54, 1.807) is 0 Å². The molecule has 0 aliphatic heterocycles. The smallest absolute Gasteiger partial charge is 0.222 e. The minimum absolute atomic E-state index is 0.376. The quantitative estimate of drug-likeness (QED) is 0.133. The first-order valence-electron chi connectivity index (χ1n) is 13.8. The number of fused-ring (bicyclic) bond motifs is 1. The predicted molar refractivity (Wildman–Crippen MR) is 176 cm³/mol. The number of benzene rings is 3. The molecule has 0 saturated carbocycles. The average molecular weight is 546 g/mol. The second-order valence-corrected chi connectivity index (χ2v) is 13.2. The Morgan fingerprint density at radius 1 is 0.675 bits per heavy atom. The highest BCUT2D eigenvalue weighted by Gasteiger charge is 2.24. The zero-order valence-electron chi connectivity index (χ0n) is 24.1. The molecule has 4 aromatic rings. The van der Waals surface area contributed by atoms with Gasteiger partial charge in [0, 0.05) is 13.3 Å². The molecule has 1 heterocycles. The second kappa shape index (κ2) is 13.1. The molecule has 2 nitrogen and oxygen atoms in total. The molecule has 4 rings (SSSR count). The molecule has 40 heavy (non-hydrogen) atoms. The van der Waals surface area contributed by atoms with Crippen LogP contribution in [0.4, 0.5) is 0 Å². The zero-order chi connectivity index (χ0) is 28.7. The maximum atomic E-state index is 6.47. The van der Waals surface area contributed by atoms with Gasteiger partial charge in [0.05, 0.1) is 5.44 Å². The molecule has 0 fully saturated rings. The Bertz CT molecular complexity index is 1420. The summed E-state index contributed by atoms with van der Waals surface area (Å²) in [4.78, 5) is 5.27. The van der Waals surface area contributed by atoms with Crippen LogP contribution in [0.25, 0.3) is 10.8 Å². The lowest BCUT2D eigenvalue weighted by Gasteiger charge is -2.25. The van der Waals surface area contributed by atoms with E-state index in [9.17, 15) is 0 Å². The summed E-state index contributed by atoms with van der Waals surface area (Å²) in [6.45, 7) is 22.2. The van der Waals surface area contributed by atoms with E-state index < -0.39 is 7.92 Å². The summed E-state index contributed by atoms with van der Waals surface area (Å²) in [6, 6.07) is 24.5. The number of hydrogen-bond donors (Lipinski definition) is 0. The number of allylic oxidation sites excluding steroid dienone is 4. The summed E-state index contributed by atoms with van der Waals surface area (Å²) >= 11 is 0. The molecular formula is C37H40NOP. The number of nitrogens with zero attached hydrogens (tertiary/aromatic N) is 1. The van der Waals surface area contributed by atoms with Crippen LogP contribution in [-0.2, 0) is 25.7 Å². The van der Waals surface area contributed by atoms with Crippen LogP contribution in [0.5, 0.6) is 5.88 Å². The summed E-state index contributed by atoms with van der Waals surface area (Å²) in [5.41, 5.74) is 5.64.